The molecule has 6 nitrogen and oxygen atoms in total. The van der Waals surface area contributed by atoms with Crippen LogP contribution in [-0.2, 0) is 22.7 Å². The van der Waals surface area contributed by atoms with Gasteiger partial charge >= 0.3 is 5.97 Å². The first kappa shape index (κ1) is 21.1. The molecule has 7 heteroatoms. The second kappa shape index (κ2) is 9.73. The Morgan fingerprint density at radius 1 is 1.03 bits per heavy atom. The Balaban J connectivity index is 1.47. The Kier molecular flexibility index (Phi) is 6.85. The summed E-state index contributed by atoms with van der Waals surface area (Å²) in [5, 5.41) is 2.73. The van der Waals surface area contributed by atoms with E-state index in [9.17, 15) is 14.0 Å². The van der Waals surface area contributed by atoms with Crippen molar-refractivity contribution < 1.29 is 27.9 Å². The van der Waals surface area contributed by atoms with Crippen LogP contribution in [0.2, 0.25) is 0 Å². The number of hydrogen-bond donors (Lipinski definition) is 1. The van der Waals surface area contributed by atoms with Crippen molar-refractivity contribution in [2.24, 2.45) is 0 Å². The number of benzene rings is 2. The molecule has 0 radical (unpaired) electrons. The van der Waals surface area contributed by atoms with E-state index in [0.717, 1.165) is 11.1 Å². The highest BCUT2D eigenvalue weighted by Gasteiger charge is 2.21. The molecule has 30 heavy (non-hydrogen) atoms. The van der Waals surface area contributed by atoms with Gasteiger partial charge in [0.15, 0.2) is 6.10 Å². The van der Waals surface area contributed by atoms with Crippen molar-refractivity contribution in [3.8, 4) is 5.75 Å². The topological polar surface area (TPSA) is 77.8 Å². The number of rotatable bonds is 8. The summed E-state index contributed by atoms with van der Waals surface area (Å²) in [6.07, 6.45) is -0.980. The highest BCUT2D eigenvalue weighted by atomic mass is 19.1. The number of carbonyl (C=O) groups excluding carboxylic acids is 2. The van der Waals surface area contributed by atoms with Gasteiger partial charge in [-0.2, -0.15) is 0 Å². The molecule has 1 amide bonds. The molecule has 3 aromatic rings. The summed E-state index contributed by atoms with van der Waals surface area (Å²) in [6.45, 7) is 3.88. The minimum Gasteiger partial charge on any atom is -0.486 e. The minimum atomic E-state index is -0.980. The van der Waals surface area contributed by atoms with Crippen LogP contribution >= 0.6 is 0 Å². The van der Waals surface area contributed by atoms with Crippen LogP contribution in [0.4, 0.5) is 4.39 Å². The molecule has 3 rings (SSSR count). The number of amides is 1. The maximum absolute atomic E-state index is 12.9. The number of halogens is 1. The third-order valence-electron chi connectivity index (χ3n) is 4.30. The summed E-state index contributed by atoms with van der Waals surface area (Å²) >= 11 is 0. The van der Waals surface area contributed by atoms with E-state index in [2.05, 4.69) is 5.32 Å². The van der Waals surface area contributed by atoms with E-state index in [0.29, 0.717) is 18.1 Å². The fraction of sp³-hybridized carbons (Fsp3) is 0.217. The van der Waals surface area contributed by atoms with Gasteiger partial charge in [-0.15, -0.1) is 0 Å². The predicted molar refractivity (Wildman–Crippen MR) is 107 cm³/mol. The number of ether oxygens (including phenoxy) is 2. The molecule has 0 bridgehead atoms. The first-order chi connectivity index (χ1) is 14.4. The highest BCUT2D eigenvalue weighted by molar-refractivity contribution is 5.90. The zero-order chi connectivity index (χ0) is 21.5. The van der Waals surface area contributed by atoms with Gasteiger partial charge in [-0.1, -0.05) is 29.8 Å². The van der Waals surface area contributed by atoms with Crippen molar-refractivity contribution in [2.45, 2.75) is 33.1 Å². The van der Waals surface area contributed by atoms with Gasteiger partial charge in [0.25, 0.3) is 5.91 Å². The molecule has 1 N–H and O–H groups in total. The lowest BCUT2D eigenvalue weighted by molar-refractivity contribution is -0.129. The van der Waals surface area contributed by atoms with Crippen molar-refractivity contribution in [3.63, 3.8) is 0 Å². The SMILES string of the molecule is Cc1ccc(CNC(=O)C(C)OC(=O)c2ccc(COc3ccc(F)cc3)o2)cc1. The van der Waals surface area contributed by atoms with Crippen LogP contribution in [0.5, 0.6) is 5.75 Å². The van der Waals surface area contributed by atoms with Crippen molar-refractivity contribution in [1.82, 2.24) is 5.32 Å². The molecule has 0 fully saturated rings. The van der Waals surface area contributed by atoms with Gasteiger partial charge in [0.2, 0.25) is 5.76 Å². The average molecular weight is 411 g/mol. The van der Waals surface area contributed by atoms with Crippen LogP contribution in [0.25, 0.3) is 0 Å². The van der Waals surface area contributed by atoms with Crippen LogP contribution in [0, 0.1) is 12.7 Å². The molecule has 156 valence electrons. The van der Waals surface area contributed by atoms with Crippen LogP contribution in [-0.4, -0.2) is 18.0 Å². The summed E-state index contributed by atoms with van der Waals surface area (Å²) in [6, 6.07) is 16.3. The molecule has 0 aliphatic carbocycles. The fourth-order valence-electron chi connectivity index (χ4n) is 2.56. The van der Waals surface area contributed by atoms with Crippen LogP contribution in [0.3, 0.4) is 0 Å². The van der Waals surface area contributed by atoms with E-state index in [1.807, 2.05) is 31.2 Å². The molecule has 0 aliphatic rings. The first-order valence-electron chi connectivity index (χ1n) is 9.42. The minimum absolute atomic E-state index is 0.0362. The first-order valence-corrected chi connectivity index (χ1v) is 9.42. The third kappa shape index (κ3) is 5.94. The summed E-state index contributed by atoms with van der Waals surface area (Å²) in [5.41, 5.74) is 2.08. The van der Waals surface area contributed by atoms with Crippen LogP contribution in [0.1, 0.15) is 34.4 Å². The summed E-state index contributed by atoms with van der Waals surface area (Å²) in [7, 11) is 0. The largest absolute Gasteiger partial charge is 0.486 e. The molecule has 0 saturated carbocycles. The molecule has 1 atom stereocenters. The Morgan fingerprint density at radius 2 is 1.73 bits per heavy atom. The molecule has 2 aromatic carbocycles. The van der Waals surface area contributed by atoms with Gasteiger partial charge in [0, 0.05) is 6.54 Å². The molecule has 1 unspecified atom stereocenters. The standard InChI is InChI=1S/C23H22FNO5/c1-15-3-5-17(6-4-15)13-25-22(26)16(2)29-23(27)21-12-11-20(30-21)14-28-19-9-7-18(24)8-10-19/h3-12,16H,13-14H2,1-2H3,(H,25,26). The molecule has 1 heterocycles. The molecule has 0 spiro atoms. The van der Waals surface area contributed by atoms with Crippen LogP contribution in [0.15, 0.2) is 65.1 Å². The number of carbonyl (C=O) groups is 2. The Morgan fingerprint density at radius 3 is 2.43 bits per heavy atom. The lowest BCUT2D eigenvalue weighted by atomic mass is 10.1. The fourth-order valence-corrected chi connectivity index (χ4v) is 2.56. The van der Waals surface area contributed by atoms with Crippen LogP contribution < -0.4 is 10.1 Å². The van der Waals surface area contributed by atoms with Gasteiger partial charge in [-0.25, -0.2) is 9.18 Å². The second-order valence-corrected chi connectivity index (χ2v) is 6.76. The van der Waals surface area contributed by atoms with Gasteiger partial charge in [0.05, 0.1) is 0 Å². The second-order valence-electron chi connectivity index (χ2n) is 6.76. The lowest BCUT2D eigenvalue weighted by Crippen LogP contribution is -2.35. The zero-order valence-corrected chi connectivity index (χ0v) is 16.7. The highest BCUT2D eigenvalue weighted by Crippen LogP contribution is 2.16. The quantitative estimate of drug-likeness (QED) is 0.563. The predicted octanol–water partition coefficient (Wildman–Crippen LogP) is 4.17. The van der Waals surface area contributed by atoms with Gasteiger partial charge in [-0.05, 0) is 55.8 Å². The van der Waals surface area contributed by atoms with E-state index < -0.39 is 18.0 Å². The summed E-state index contributed by atoms with van der Waals surface area (Å²) in [5.74, 6) is -0.691. The van der Waals surface area contributed by atoms with E-state index in [-0.39, 0.29) is 18.2 Å². The van der Waals surface area contributed by atoms with Crippen molar-refractivity contribution in [3.05, 3.63) is 89.1 Å². The van der Waals surface area contributed by atoms with Gasteiger partial charge in [0.1, 0.15) is 23.9 Å². The molecule has 1 aromatic heterocycles. The third-order valence-corrected chi connectivity index (χ3v) is 4.30. The Labute approximate surface area is 173 Å². The summed E-state index contributed by atoms with van der Waals surface area (Å²) < 4.78 is 28.9. The van der Waals surface area contributed by atoms with Crippen molar-refractivity contribution in [1.29, 1.82) is 0 Å². The average Bonchev–Trinajstić information content (AvgIpc) is 3.22. The lowest BCUT2D eigenvalue weighted by Gasteiger charge is -2.13. The van der Waals surface area contributed by atoms with E-state index >= 15 is 0 Å². The molecule has 0 aliphatic heterocycles. The Bertz CT molecular complexity index is 995. The molecule has 0 saturated heterocycles. The smallest absolute Gasteiger partial charge is 0.375 e. The zero-order valence-electron chi connectivity index (χ0n) is 16.7. The number of esters is 1. The Hall–Kier alpha value is -3.61. The van der Waals surface area contributed by atoms with E-state index in [1.54, 1.807) is 6.07 Å². The maximum atomic E-state index is 12.9. The number of aryl methyl sites for hydroxylation is 1. The van der Waals surface area contributed by atoms with Gasteiger partial charge in [-0.3, -0.25) is 4.79 Å². The van der Waals surface area contributed by atoms with Crippen molar-refractivity contribution >= 4 is 11.9 Å². The van der Waals surface area contributed by atoms with E-state index in [1.165, 1.54) is 37.3 Å². The van der Waals surface area contributed by atoms with E-state index in [4.69, 9.17) is 13.9 Å². The molecular formula is C23H22FNO5. The number of nitrogens with one attached hydrogen (secondary N) is 1. The summed E-state index contributed by atoms with van der Waals surface area (Å²) in [4.78, 5) is 24.4. The maximum Gasteiger partial charge on any atom is 0.375 e. The normalized spacial score (nSPS) is 11.6. The monoisotopic (exact) mass is 411 g/mol. The van der Waals surface area contributed by atoms with Crippen molar-refractivity contribution in [2.75, 3.05) is 0 Å². The van der Waals surface area contributed by atoms with Gasteiger partial charge < -0.3 is 19.2 Å². The number of furan rings is 1. The number of hydrogen-bond acceptors (Lipinski definition) is 5. The molecular weight excluding hydrogens is 389 g/mol.